The lowest BCUT2D eigenvalue weighted by molar-refractivity contribution is -0.0276. The Bertz CT molecular complexity index is 476. The molecule has 3 nitrogen and oxygen atoms in total. The monoisotopic (exact) mass is 284 g/mol. The van der Waals surface area contributed by atoms with E-state index in [1.54, 1.807) is 0 Å². The molecule has 0 unspecified atom stereocenters. The number of hydrogen-bond donors (Lipinski definition) is 1. The smallest absolute Gasteiger partial charge is 0.105 e. The molecule has 1 saturated heterocycles. The van der Waals surface area contributed by atoms with Gasteiger partial charge in [0.25, 0.3) is 0 Å². The molecule has 0 aliphatic carbocycles. The van der Waals surface area contributed by atoms with E-state index in [0.717, 1.165) is 30.9 Å². The predicted molar refractivity (Wildman–Crippen MR) is 79.6 cm³/mol. The van der Waals surface area contributed by atoms with Crippen LogP contribution >= 0.6 is 23.8 Å². The second-order valence-corrected chi connectivity index (χ2v) is 5.91. The summed E-state index contributed by atoms with van der Waals surface area (Å²) in [6.07, 6.45) is 0. The van der Waals surface area contributed by atoms with Gasteiger partial charge in [-0.3, -0.25) is 0 Å². The number of nitrogens with two attached hydrogens (primary N) is 1. The number of morpholine rings is 1. The van der Waals surface area contributed by atoms with E-state index < -0.39 is 0 Å². The van der Waals surface area contributed by atoms with E-state index in [-0.39, 0.29) is 5.60 Å². The number of rotatable bonds is 2. The molecule has 1 fully saturated rings. The molecule has 2 N–H and O–H groups in total. The van der Waals surface area contributed by atoms with Gasteiger partial charge in [0.05, 0.1) is 17.2 Å². The highest BCUT2D eigenvalue weighted by Gasteiger charge is 2.27. The molecule has 0 amide bonds. The Morgan fingerprint density at radius 2 is 2.22 bits per heavy atom. The van der Waals surface area contributed by atoms with Crippen LogP contribution in [0.25, 0.3) is 0 Å². The third kappa shape index (κ3) is 2.94. The van der Waals surface area contributed by atoms with E-state index >= 15 is 0 Å². The number of thiocarbonyl (C=S) groups is 1. The Morgan fingerprint density at radius 1 is 1.50 bits per heavy atom. The molecule has 5 heteroatoms. The van der Waals surface area contributed by atoms with Crippen LogP contribution in [-0.2, 0) is 4.74 Å². The van der Waals surface area contributed by atoms with E-state index in [1.807, 2.05) is 18.2 Å². The summed E-state index contributed by atoms with van der Waals surface area (Å²) in [4.78, 5) is 2.59. The van der Waals surface area contributed by atoms with E-state index in [2.05, 4.69) is 18.7 Å². The SMILES string of the molecule is CC1(C)CN(c2ccc(C(N)=S)c(Cl)c2)CCO1. The first kappa shape index (κ1) is 13.6. The van der Waals surface area contributed by atoms with Crippen molar-refractivity contribution in [3.63, 3.8) is 0 Å². The lowest BCUT2D eigenvalue weighted by Crippen LogP contribution is -2.48. The number of ether oxygens (including phenoxy) is 1. The average Bonchev–Trinajstić information content (AvgIpc) is 2.27. The molecular weight excluding hydrogens is 268 g/mol. The van der Waals surface area contributed by atoms with Crippen LogP contribution < -0.4 is 10.6 Å². The van der Waals surface area contributed by atoms with Crippen LogP contribution in [-0.4, -0.2) is 30.3 Å². The molecular formula is C13H17ClN2OS. The zero-order chi connectivity index (χ0) is 13.3. The van der Waals surface area contributed by atoms with Crippen LogP contribution in [0.15, 0.2) is 18.2 Å². The summed E-state index contributed by atoms with van der Waals surface area (Å²) in [5, 5.41) is 0.601. The summed E-state index contributed by atoms with van der Waals surface area (Å²) in [6, 6.07) is 5.79. The van der Waals surface area contributed by atoms with Crippen LogP contribution in [0.4, 0.5) is 5.69 Å². The van der Waals surface area contributed by atoms with Crippen molar-refractivity contribution in [3.05, 3.63) is 28.8 Å². The van der Waals surface area contributed by atoms with Gasteiger partial charge in [0.2, 0.25) is 0 Å². The van der Waals surface area contributed by atoms with Crippen molar-refractivity contribution in [1.82, 2.24) is 0 Å². The fourth-order valence-electron chi connectivity index (χ4n) is 2.14. The van der Waals surface area contributed by atoms with Crippen LogP contribution in [0.1, 0.15) is 19.4 Å². The van der Waals surface area contributed by atoms with Crippen molar-refractivity contribution in [2.75, 3.05) is 24.6 Å². The molecule has 1 aliphatic rings. The van der Waals surface area contributed by atoms with Crippen molar-refractivity contribution < 1.29 is 4.74 Å². The maximum absolute atomic E-state index is 6.19. The topological polar surface area (TPSA) is 38.5 Å². The Balaban J connectivity index is 2.24. The standard InChI is InChI=1S/C13H17ClN2OS/c1-13(2)8-16(5-6-17-13)9-3-4-10(12(15)18)11(14)7-9/h3-4,7H,5-6,8H2,1-2H3,(H2,15,18). The predicted octanol–water partition coefficient (Wildman–Crippen LogP) is 2.59. The molecule has 1 heterocycles. The van der Waals surface area contributed by atoms with E-state index in [0.29, 0.717) is 10.0 Å². The van der Waals surface area contributed by atoms with Crippen molar-refractivity contribution in [3.8, 4) is 0 Å². The van der Waals surface area contributed by atoms with E-state index in [4.69, 9.17) is 34.3 Å². The molecule has 2 rings (SSSR count). The third-order valence-electron chi connectivity index (χ3n) is 3.01. The van der Waals surface area contributed by atoms with Gasteiger partial charge < -0.3 is 15.4 Å². The molecule has 0 saturated carbocycles. The highest BCUT2D eigenvalue weighted by molar-refractivity contribution is 7.80. The number of halogens is 1. The molecule has 0 spiro atoms. The summed E-state index contributed by atoms with van der Waals surface area (Å²) in [5.41, 5.74) is 7.27. The maximum atomic E-state index is 6.19. The molecule has 18 heavy (non-hydrogen) atoms. The van der Waals surface area contributed by atoms with Crippen molar-refractivity contribution in [1.29, 1.82) is 0 Å². The summed E-state index contributed by atoms with van der Waals surface area (Å²) >= 11 is 11.1. The highest BCUT2D eigenvalue weighted by atomic mass is 35.5. The quantitative estimate of drug-likeness (QED) is 0.847. The molecule has 1 aromatic rings. The van der Waals surface area contributed by atoms with Gasteiger partial charge >= 0.3 is 0 Å². The van der Waals surface area contributed by atoms with Crippen LogP contribution in [0, 0.1) is 0 Å². The molecule has 0 atom stereocenters. The lowest BCUT2D eigenvalue weighted by Gasteiger charge is -2.39. The minimum atomic E-state index is -0.132. The average molecular weight is 285 g/mol. The maximum Gasteiger partial charge on any atom is 0.105 e. The largest absolute Gasteiger partial charge is 0.389 e. The van der Waals surface area contributed by atoms with Gasteiger partial charge in [-0.15, -0.1) is 0 Å². The Hall–Kier alpha value is -0.840. The van der Waals surface area contributed by atoms with E-state index in [1.165, 1.54) is 0 Å². The van der Waals surface area contributed by atoms with Crippen molar-refractivity contribution in [2.24, 2.45) is 5.73 Å². The van der Waals surface area contributed by atoms with Gasteiger partial charge in [0.1, 0.15) is 4.99 Å². The number of hydrogen-bond acceptors (Lipinski definition) is 3. The summed E-state index contributed by atoms with van der Waals surface area (Å²) in [7, 11) is 0. The van der Waals surface area contributed by atoms with Crippen LogP contribution in [0.3, 0.4) is 0 Å². The Morgan fingerprint density at radius 3 is 2.78 bits per heavy atom. The molecule has 0 aromatic heterocycles. The second-order valence-electron chi connectivity index (χ2n) is 5.06. The van der Waals surface area contributed by atoms with Gasteiger partial charge in [-0.25, -0.2) is 0 Å². The normalized spacial score (nSPS) is 18.7. The number of nitrogens with zero attached hydrogens (tertiary/aromatic N) is 1. The first-order valence-corrected chi connectivity index (χ1v) is 6.66. The molecule has 1 aliphatic heterocycles. The zero-order valence-electron chi connectivity index (χ0n) is 10.6. The first-order valence-electron chi connectivity index (χ1n) is 5.87. The minimum Gasteiger partial charge on any atom is -0.389 e. The van der Waals surface area contributed by atoms with Gasteiger partial charge in [0.15, 0.2) is 0 Å². The van der Waals surface area contributed by atoms with Crippen LogP contribution in [0.5, 0.6) is 0 Å². The number of anilines is 1. The zero-order valence-corrected chi connectivity index (χ0v) is 12.1. The fourth-order valence-corrected chi connectivity index (χ4v) is 2.65. The van der Waals surface area contributed by atoms with Gasteiger partial charge in [-0.05, 0) is 32.0 Å². The van der Waals surface area contributed by atoms with Crippen molar-refractivity contribution >= 4 is 34.5 Å². The fraction of sp³-hybridized carbons (Fsp3) is 0.462. The Kier molecular flexibility index (Phi) is 3.80. The minimum absolute atomic E-state index is 0.132. The van der Waals surface area contributed by atoms with Gasteiger partial charge in [-0.2, -0.15) is 0 Å². The van der Waals surface area contributed by atoms with Gasteiger partial charge in [-0.1, -0.05) is 23.8 Å². The molecule has 0 radical (unpaired) electrons. The lowest BCUT2D eigenvalue weighted by atomic mass is 10.1. The number of benzene rings is 1. The third-order valence-corrected chi connectivity index (χ3v) is 3.54. The van der Waals surface area contributed by atoms with E-state index in [9.17, 15) is 0 Å². The highest BCUT2D eigenvalue weighted by Crippen LogP contribution is 2.27. The second kappa shape index (κ2) is 5.03. The summed E-state index contributed by atoms with van der Waals surface area (Å²) in [5.74, 6) is 0. The van der Waals surface area contributed by atoms with Crippen LogP contribution in [0.2, 0.25) is 5.02 Å². The Labute approximate surface area is 118 Å². The van der Waals surface area contributed by atoms with Gasteiger partial charge in [0, 0.05) is 24.3 Å². The van der Waals surface area contributed by atoms with Crippen molar-refractivity contribution in [2.45, 2.75) is 19.4 Å². The summed E-state index contributed by atoms with van der Waals surface area (Å²) in [6.45, 7) is 6.61. The molecule has 1 aromatic carbocycles. The first-order chi connectivity index (χ1) is 8.39. The summed E-state index contributed by atoms with van der Waals surface area (Å²) < 4.78 is 5.69. The molecule has 0 bridgehead atoms. The molecule has 98 valence electrons.